The van der Waals surface area contributed by atoms with E-state index in [2.05, 4.69) is 31.9 Å². The van der Waals surface area contributed by atoms with Gasteiger partial charge in [0.1, 0.15) is 11.9 Å². The average Bonchev–Trinajstić information content (AvgIpc) is 2.61. The first kappa shape index (κ1) is 13.5. The van der Waals surface area contributed by atoms with Crippen molar-refractivity contribution in [3.8, 4) is 0 Å². The van der Waals surface area contributed by atoms with Crippen molar-refractivity contribution in [2.24, 2.45) is 0 Å². The third-order valence-corrected chi connectivity index (χ3v) is 4.93. The molecule has 1 nitrogen and oxygen atoms in total. The Balaban J connectivity index is 2.47. The van der Waals surface area contributed by atoms with E-state index >= 15 is 0 Å². The minimum Gasteiger partial charge on any atom is -0.383 e. The maximum absolute atomic E-state index is 13.8. The highest BCUT2D eigenvalue weighted by Crippen LogP contribution is 2.38. The van der Waals surface area contributed by atoms with Crippen LogP contribution in [0.3, 0.4) is 0 Å². The van der Waals surface area contributed by atoms with Crippen LogP contribution in [0.4, 0.5) is 4.39 Å². The van der Waals surface area contributed by atoms with Gasteiger partial charge >= 0.3 is 0 Å². The third kappa shape index (κ3) is 2.74. The molecule has 17 heavy (non-hydrogen) atoms. The van der Waals surface area contributed by atoms with Crippen LogP contribution in [0.2, 0.25) is 5.02 Å². The van der Waals surface area contributed by atoms with E-state index in [0.717, 1.165) is 7.57 Å². The molecule has 0 aliphatic heterocycles. The van der Waals surface area contributed by atoms with Crippen molar-refractivity contribution >= 4 is 54.8 Å². The maximum atomic E-state index is 13.8. The number of hydrogen-bond donors (Lipinski definition) is 1. The summed E-state index contributed by atoms with van der Waals surface area (Å²) in [4.78, 5) is 0. The van der Waals surface area contributed by atoms with Crippen molar-refractivity contribution in [2.75, 3.05) is 0 Å². The first-order chi connectivity index (χ1) is 8.00. The second-order valence-corrected chi connectivity index (χ2v) is 7.48. The summed E-state index contributed by atoms with van der Waals surface area (Å²) in [6.45, 7) is 0. The van der Waals surface area contributed by atoms with Crippen LogP contribution in [-0.4, -0.2) is 5.11 Å². The Labute approximate surface area is 123 Å². The number of hydrogen-bond acceptors (Lipinski definition) is 2. The number of halogens is 4. The van der Waals surface area contributed by atoms with Crippen molar-refractivity contribution in [3.05, 3.63) is 53.8 Å². The highest BCUT2D eigenvalue weighted by atomic mass is 79.9. The smallest absolute Gasteiger partial charge is 0.147 e. The third-order valence-electron chi connectivity index (χ3n) is 2.25. The van der Waals surface area contributed by atoms with Gasteiger partial charge in [0.2, 0.25) is 0 Å². The Bertz CT molecular complexity index is 558. The number of benzene rings is 1. The summed E-state index contributed by atoms with van der Waals surface area (Å²) in [5, 5.41) is 10.2. The number of aliphatic hydroxyl groups is 1. The van der Waals surface area contributed by atoms with Crippen molar-refractivity contribution in [2.45, 2.75) is 6.10 Å². The standard InChI is InChI=1S/C11H6Br2ClFOS/c12-8-4-6(11(13)17-8)10(16)5-2-1-3-7(14)9(5)15/h1-4,10,16H. The molecule has 0 aliphatic carbocycles. The molecular weight excluding hydrogens is 394 g/mol. The summed E-state index contributed by atoms with van der Waals surface area (Å²) in [7, 11) is 0. The van der Waals surface area contributed by atoms with E-state index in [4.69, 9.17) is 11.6 Å². The Morgan fingerprint density at radius 2 is 2.00 bits per heavy atom. The molecule has 0 saturated heterocycles. The second kappa shape index (κ2) is 5.36. The fraction of sp³-hybridized carbons (Fsp3) is 0.0909. The maximum Gasteiger partial charge on any atom is 0.147 e. The van der Waals surface area contributed by atoms with Gasteiger partial charge in [-0.1, -0.05) is 23.7 Å². The summed E-state index contributed by atoms with van der Waals surface area (Å²) in [5.41, 5.74) is 0.784. The van der Waals surface area contributed by atoms with E-state index in [1.54, 1.807) is 12.1 Å². The van der Waals surface area contributed by atoms with Gasteiger partial charge in [0.15, 0.2) is 0 Å². The normalized spacial score (nSPS) is 12.8. The molecule has 1 unspecified atom stereocenters. The van der Waals surface area contributed by atoms with Crippen molar-refractivity contribution in [1.82, 2.24) is 0 Å². The van der Waals surface area contributed by atoms with Crippen LogP contribution in [0, 0.1) is 5.82 Å². The lowest BCUT2D eigenvalue weighted by Gasteiger charge is -2.11. The molecule has 0 aliphatic rings. The van der Waals surface area contributed by atoms with E-state index < -0.39 is 11.9 Å². The van der Waals surface area contributed by atoms with E-state index in [1.165, 1.54) is 23.5 Å². The predicted molar refractivity (Wildman–Crippen MR) is 75.2 cm³/mol. The van der Waals surface area contributed by atoms with Crippen LogP contribution >= 0.6 is 54.8 Å². The Kier molecular flexibility index (Phi) is 4.26. The number of rotatable bonds is 2. The van der Waals surface area contributed by atoms with Crippen LogP contribution in [0.1, 0.15) is 17.2 Å². The molecular formula is C11H6Br2ClFOS. The fourth-order valence-corrected chi connectivity index (χ4v) is 4.50. The highest BCUT2D eigenvalue weighted by molar-refractivity contribution is 9.12. The lowest BCUT2D eigenvalue weighted by Crippen LogP contribution is -2.02. The lowest BCUT2D eigenvalue weighted by atomic mass is 10.0. The zero-order chi connectivity index (χ0) is 12.6. The van der Waals surface area contributed by atoms with Crippen molar-refractivity contribution in [3.63, 3.8) is 0 Å². The minimum atomic E-state index is -1.04. The Morgan fingerprint density at radius 1 is 1.29 bits per heavy atom. The van der Waals surface area contributed by atoms with Crippen LogP contribution < -0.4 is 0 Å². The Morgan fingerprint density at radius 3 is 2.59 bits per heavy atom. The molecule has 1 N–H and O–H groups in total. The van der Waals surface area contributed by atoms with E-state index in [9.17, 15) is 9.50 Å². The van der Waals surface area contributed by atoms with Gasteiger partial charge in [-0.05, 0) is 44.0 Å². The summed E-state index contributed by atoms with van der Waals surface area (Å²) in [5.74, 6) is -0.587. The van der Waals surface area contributed by atoms with E-state index in [-0.39, 0.29) is 10.6 Å². The quantitative estimate of drug-likeness (QED) is 0.739. The molecule has 0 bridgehead atoms. The summed E-state index contributed by atoms with van der Waals surface area (Å²) >= 11 is 13.8. The summed E-state index contributed by atoms with van der Waals surface area (Å²) < 4.78 is 15.4. The molecule has 0 fully saturated rings. The largest absolute Gasteiger partial charge is 0.383 e. The molecule has 0 spiro atoms. The van der Waals surface area contributed by atoms with Crippen LogP contribution in [0.15, 0.2) is 31.8 Å². The molecule has 0 radical (unpaired) electrons. The van der Waals surface area contributed by atoms with Crippen LogP contribution in [0.5, 0.6) is 0 Å². The molecule has 0 saturated carbocycles. The molecule has 90 valence electrons. The van der Waals surface area contributed by atoms with Gasteiger partial charge in [0.05, 0.1) is 12.6 Å². The van der Waals surface area contributed by atoms with E-state index in [1.807, 2.05) is 0 Å². The monoisotopic (exact) mass is 398 g/mol. The molecule has 6 heteroatoms. The minimum absolute atomic E-state index is 0.00645. The van der Waals surface area contributed by atoms with Gasteiger partial charge in [-0.2, -0.15) is 0 Å². The van der Waals surface area contributed by atoms with Gasteiger partial charge in [0.25, 0.3) is 0 Å². The van der Waals surface area contributed by atoms with Crippen LogP contribution in [-0.2, 0) is 0 Å². The van der Waals surface area contributed by atoms with E-state index in [0.29, 0.717) is 5.56 Å². The van der Waals surface area contributed by atoms with Gasteiger partial charge in [-0.3, -0.25) is 0 Å². The molecule has 2 rings (SSSR count). The number of thiophene rings is 1. The molecule has 1 aromatic carbocycles. The summed E-state index contributed by atoms with van der Waals surface area (Å²) in [6, 6.07) is 6.33. The highest BCUT2D eigenvalue weighted by Gasteiger charge is 2.20. The first-order valence-electron chi connectivity index (χ1n) is 4.57. The second-order valence-electron chi connectivity index (χ2n) is 3.33. The summed E-state index contributed by atoms with van der Waals surface area (Å²) in [6.07, 6.45) is -1.04. The van der Waals surface area contributed by atoms with Crippen molar-refractivity contribution in [1.29, 1.82) is 0 Å². The zero-order valence-corrected chi connectivity index (χ0v) is 13.0. The Hall–Kier alpha value is 0.0600. The van der Waals surface area contributed by atoms with Gasteiger partial charge in [0, 0.05) is 11.1 Å². The topological polar surface area (TPSA) is 20.2 Å². The van der Waals surface area contributed by atoms with Gasteiger partial charge in [-0.15, -0.1) is 11.3 Å². The molecule has 1 atom stereocenters. The zero-order valence-electron chi connectivity index (χ0n) is 8.25. The fourth-order valence-electron chi connectivity index (χ4n) is 1.44. The first-order valence-corrected chi connectivity index (χ1v) is 7.35. The lowest BCUT2D eigenvalue weighted by molar-refractivity contribution is 0.215. The van der Waals surface area contributed by atoms with Crippen molar-refractivity contribution < 1.29 is 9.50 Å². The molecule has 1 heterocycles. The molecule has 2 aromatic rings. The predicted octanol–water partition coefficient (Wildman–Crippen LogP) is 5.15. The average molecular weight is 400 g/mol. The number of aliphatic hydroxyl groups excluding tert-OH is 1. The van der Waals surface area contributed by atoms with Crippen LogP contribution in [0.25, 0.3) is 0 Å². The molecule has 0 amide bonds. The molecule has 1 aromatic heterocycles. The van der Waals surface area contributed by atoms with Gasteiger partial charge < -0.3 is 5.11 Å². The van der Waals surface area contributed by atoms with Gasteiger partial charge in [-0.25, -0.2) is 4.39 Å². The SMILES string of the molecule is OC(c1cc(Br)sc1Br)c1cccc(Cl)c1F.